The molecular weight excluding hydrogens is 448 g/mol. The molecule has 1 unspecified atom stereocenters. The molecule has 0 aliphatic heterocycles. The molecule has 0 aliphatic carbocycles. The first kappa shape index (κ1) is 17.0. The topological polar surface area (TPSA) is 51.6 Å². The maximum absolute atomic E-state index is 13.0. The molecule has 2 heterocycles. The molecule has 0 radical (unpaired) electrons. The van der Waals surface area contributed by atoms with Gasteiger partial charge in [0.2, 0.25) is 0 Å². The minimum absolute atomic E-state index is 0.0675. The van der Waals surface area contributed by atoms with Crippen molar-refractivity contribution in [2.24, 2.45) is 0 Å². The van der Waals surface area contributed by atoms with Crippen LogP contribution in [0.15, 0.2) is 47.1 Å². The van der Waals surface area contributed by atoms with Crippen molar-refractivity contribution in [3.63, 3.8) is 0 Å². The molecule has 9 heteroatoms. The first-order chi connectivity index (χ1) is 11.3. The summed E-state index contributed by atoms with van der Waals surface area (Å²) in [5.41, 5.74) is 0.753. The molecule has 24 heavy (non-hydrogen) atoms. The summed E-state index contributed by atoms with van der Waals surface area (Å²) in [6.07, 6.45) is -4.56. The third kappa shape index (κ3) is 3.65. The second-order valence-electron chi connectivity index (χ2n) is 4.79. The van der Waals surface area contributed by atoms with Crippen LogP contribution in [0.25, 0.3) is 22.5 Å². The van der Waals surface area contributed by atoms with Gasteiger partial charge in [-0.3, -0.25) is 0 Å². The van der Waals surface area contributed by atoms with Crippen LogP contribution in [0.1, 0.15) is 5.69 Å². The van der Waals surface area contributed by atoms with E-state index in [4.69, 9.17) is 0 Å². The van der Waals surface area contributed by atoms with Crippen LogP contribution in [-0.4, -0.2) is 37.0 Å². The van der Waals surface area contributed by atoms with Gasteiger partial charge in [0.1, 0.15) is 0 Å². The average Bonchev–Trinajstić information content (AvgIpc) is 2.54. The summed E-state index contributed by atoms with van der Waals surface area (Å²) >= 11 is 4.21. The van der Waals surface area contributed by atoms with Crippen LogP contribution in [0, 0.1) is 0 Å². The van der Waals surface area contributed by atoms with E-state index in [1.807, 2.05) is 30.3 Å². The maximum atomic E-state index is 13.0. The zero-order valence-electron chi connectivity index (χ0n) is 11.9. The summed E-state index contributed by atoms with van der Waals surface area (Å²) in [4.78, 5) is 7.86. The van der Waals surface area contributed by atoms with Crippen LogP contribution in [0.5, 0.6) is 0 Å². The van der Waals surface area contributed by atoms with Gasteiger partial charge in [-0.15, -0.1) is 0 Å². The van der Waals surface area contributed by atoms with Crippen molar-refractivity contribution in [3.8, 4) is 22.5 Å². The summed E-state index contributed by atoms with van der Waals surface area (Å²) in [6, 6.07) is 11.6. The van der Waals surface area contributed by atoms with Gasteiger partial charge >= 0.3 is 152 Å². The van der Waals surface area contributed by atoms with Crippen LogP contribution in [-0.2, 0) is 6.18 Å². The van der Waals surface area contributed by atoms with E-state index in [2.05, 4.69) is 36.1 Å². The van der Waals surface area contributed by atoms with Gasteiger partial charge < -0.3 is 0 Å². The van der Waals surface area contributed by atoms with Gasteiger partial charge in [0.15, 0.2) is 0 Å². The summed E-state index contributed by atoms with van der Waals surface area (Å²) in [6.45, 7) is 0. The van der Waals surface area contributed by atoms with Gasteiger partial charge in [0.05, 0.1) is 0 Å². The predicted molar refractivity (Wildman–Crippen MR) is 89.4 cm³/mol. The van der Waals surface area contributed by atoms with E-state index < -0.39 is 11.9 Å². The Labute approximate surface area is 152 Å². The summed E-state index contributed by atoms with van der Waals surface area (Å²) in [5, 5.41) is 7.99. The van der Waals surface area contributed by atoms with E-state index in [-0.39, 0.29) is 15.9 Å². The quantitative estimate of drug-likeness (QED) is 0.439. The third-order valence-corrected chi connectivity index (χ3v) is 4.03. The molecular formula is C15H9AsBrF3N4. The molecule has 3 aromatic rings. The Morgan fingerprint density at radius 1 is 0.875 bits per heavy atom. The number of benzene rings is 1. The number of hydrogen-bond donors (Lipinski definition) is 0. The molecule has 4 nitrogen and oxygen atoms in total. The van der Waals surface area contributed by atoms with Crippen molar-refractivity contribution >= 4 is 37.4 Å². The van der Waals surface area contributed by atoms with Crippen LogP contribution in [0.2, 0.25) is 0 Å². The fraction of sp³-hybridized carbons (Fsp3) is 0.0667. The first-order valence-corrected chi connectivity index (χ1v) is 8.66. The zero-order valence-corrected chi connectivity index (χ0v) is 15.9. The molecule has 0 N–H and O–H groups in total. The molecule has 2 aromatic heterocycles. The number of halogens is 4. The molecule has 0 saturated heterocycles. The molecule has 0 spiro atoms. The summed E-state index contributed by atoms with van der Waals surface area (Å²) in [5.74, 6) is 0. The molecule has 1 atom stereocenters. The van der Waals surface area contributed by atoms with Gasteiger partial charge in [-0.25, -0.2) is 0 Å². The van der Waals surface area contributed by atoms with Gasteiger partial charge in [-0.2, -0.15) is 0 Å². The van der Waals surface area contributed by atoms with Crippen LogP contribution < -0.4 is 4.61 Å². The van der Waals surface area contributed by atoms with Crippen molar-refractivity contribution in [2.75, 3.05) is 0 Å². The van der Waals surface area contributed by atoms with Gasteiger partial charge in [-0.05, 0) is 0 Å². The number of rotatable bonds is 2. The fourth-order valence-corrected chi connectivity index (χ4v) is 2.94. The Morgan fingerprint density at radius 3 is 2.25 bits per heavy atom. The first-order valence-electron chi connectivity index (χ1n) is 6.65. The van der Waals surface area contributed by atoms with Crippen LogP contribution in [0.4, 0.5) is 13.2 Å². The second kappa shape index (κ2) is 6.61. The molecule has 0 aliphatic rings. The SMILES string of the molecule is FC(F)(F)c1cc(-c2nnc([AsH2])nc2-c2ccccc2)cc(Br)n1. The number of nitrogens with zero attached hydrogens (tertiary/aromatic N) is 4. The van der Waals surface area contributed by atoms with Crippen molar-refractivity contribution in [1.82, 2.24) is 20.2 Å². The fourth-order valence-electron chi connectivity index (χ4n) is 2.11. The molecule has 3 rings (SSSR count). The van der Waals surface area contributed by atoms with Crippen molar-refractivity contribution in [2.45, 2.75) is 6.18 Å². The van der Waals surface area contributed by atoms with Gasteiger partial charge in [0, 0.05) is 0 Å². The Bertz CT molecular complexity index is 888. The monoisotopic (exact) mass is 456 g/mol. The zero-order chi connectivity index (χ0) is 17.3. The number of alkyl halides is 3. The van der Waals surface area contributed by atoms with Gasteiger partial charge in [-0.1, -0.05) is 0 Å². The number of hydrogen-bond acceptors (Lipinski definition) is 4. The van der Waals surface area contributed by atoms with Crippen molar-refractivity contribution in [3.05, 3.63) is 52.8 Å². The van der Waals surface area contributed by atoms with Crippen LogP contribution in [0.3, 0.4) is 0 Å². The standard InChI is InChI=1S/C15H9AsBrF3N4/c16-14-22-12(8-4-2-1-3-5-8)13(23-24-14)9-6-10(15(18,19)20)21-11(17)7-9/h1-7H,16H2. The molecule has 0 bridgehead atoms. The van der Waals surface area contributed by atoms with E-state index in [0.29, 0.717) is 10.3 Å². The molecule has 0 amide bonds. The molecule has 0 fully saturated rings. The van der Waals surface area contributed by atoms with Crippen molar-refractivity contribution < 1.29 is 13.2 Å². The van der Waals surface area contributed by atoms with E-state index in [1.165, 1.54) is 22.9 Å². The molecule has 1 aromatic carbocycles. The predicted octanol–water partition coefficient (Wildman–Crippen LogP) is 2.64. The van der Waals surface area contributed by atoms with Gasteiger partial charge in [0.25, 0.3) is 0 Å². The molecule has 122 valence electrons. The second-order valence-corrected chi connectivity index (χ2v) is 6.69. The minimum atomic E-state index is -4.56. The Hall–Kier alpha value is -1.79. The van der Waals surface area contributed by atoms with E-state index >= 15 is 0 Å². The van der Waals surface area contributed by atoms with E-state index in [1.54, 1.807) is 0 Å². The number of pyridine rings is 1. The summed E-state index contributed by atoms with van der Waals surface area (Å²) in [7, 11) is 0. The number of aromatic nitrogens is 4. The van der Waals surface area contributed by atoms with Crippen molar-refractivity contribution in [1.29, 1.82) is 0 Å². The van der Waals surface area contributed by atoms with Crippen LogP contribution >= 0.6 is 15.9 Å². The Kier molecular flexibility index (Phi) is 4.69. The molecule has 0 saturated carbocycles. The average molecular weight is 457 g/mol. The Morgan fingerprint density at radius 2 is 1.58 bits per heavy atom. The Balaban J connectivity index is 2.23. The van der Waals surface area contributed by atoms with E-state index in [9.17, 15) is 13.2 Å². The van der Waals surface area contributed by atoms with E-state index in [0.717, 1.165) is 11.6 Å². The summed E-state index contributed by atoms with van der Waals surface area (Å²) < 4.78 is 39.6. The normalized spacial score (nSPS) is 11.5. The third-order valence-electron chi connectivity index (χ3n) is 3.11.